The fourth-order valence-electron chi connectivity index (χ4n) is 3.06. The number of nitrogens with zero attached hydrogens (tertiary/aromatic N) is 1. The van der Waals surface area contributed by atoms with Crippen LogP contribution < -0.4 is 14.4 Å². The van der Waals surface area contributed by atoms with Gasteiger partial charge in [0.25, 0.3) is 5.91 Å². The number of hydrogen-bond acceptors (Lipinski definition) is 4. The second kappa shape index (κ2) is 7.15. The lowest BCUT2D eigenvalue weighted by Crippen LogP contribution is -2.50. The molecular weight excluding hydrogens is 349 g/mol. The first-order chi connectivity index (χ1) is 13.1. The number of benzene rings is 2. The van der Waals surface area contributed by atoms with Gasteiger partial charge in [-0.25, -0.2) is 4.39 Å². The van der Waals surface area contributed by atoms with Gasteiger partial charge in [0.1, 0.15) is 17.7 Å². The minimum absolute atomic E-state index is 0.0843. The molecule has 138 valence electrons. The lowest BCUT2D eigenvalue weighted by Gasteiger charge is -2.34. The van der Waals surface area contributed by atoms with E-state index in [9.17, 15) is 9.18 Å². The van der Waals surface area contributed by atoms with Gasteiger partial charge in [0.2, 0.25) is 6.10 Å². The molecule has 0 radical (unpaired) electrons. The van der Waals surface area contributed by atoms with E-state index in [0.29, 0.717) is 17.3 Å². The number of fused-ring (bicyclic) bond motifs is 1. The second-order valence-corrected chi connectivity index (χ2v) is 6.26. The normalized spacial score (nSPS) is 18.1. The van der Waals surface area contributed by atoms with Crippen molar-refractivity contribution in [1.29, 1.82) is 0 Å². The number of furan rings is 1. The first-order valence-electron chi connectivity index (χ1n) is 8.64. The standard InChI is InChI=1S/C21H18FNO4/c1-14-20(27-19-11-5-4-10-18(19)26-14)21(24)23(13-15-7-6-12-25-15)17-9-3-2-8-16(17)22/h2-12,14,20H,13H2,1H3. The van der Waals surface area contributed by atoms with E-state index in [0.717, 1.165) is 0 Å². The molecule has 27 heavy (non-hydrogen) atoms. The van der Waals surface area contributed by atoms with Crippen LogP contribution in [0.15, 0.2) is 71.3 Å². The molecule has 1 aliphatic rings. The summed E-state index contributed by atoms with van der Waals surface area (Å²) in [6.07, 6.45) is 0.0751. The van der Waals surface area contributed by atoms with Crippen LogP contribution in [0.3, 0.4) is 0 Å². The zero-order valence-electron chi connectivity index (χ0n) is 14.7. The molecule has 2 heterocycles. The molecule has 2 aromatic carbocycles. The fourth-order valence-corrected chi connectivity index (χ4v) is 3.06. The highest BCUT2D eigenvalue weighted by Crippen LogP contribution is 2.35. The van der Waals surface area contributed by atoms with Crippen LogP contribution in [-0.2, 0) is 11.3 Å². The average molecular weight is 367 g/mol. The van der Waals surface area contributed by atoms with Crippen molar-refractivity contribution in [1.82, 2.24) is 0 Å². The van der Waals surface area contributed by atoms with E-state index in [4.69, 9.17) is 13.9 Å². The number of anilines is 1. The summed E-state index contributed by atoms with van der Waals surface area (Å²) in [4.78, 5) is 14.6. The van der Waals surface area contributed by atoms with Gasteiger partial charge in [-0.1, -0.05) is 24.3 Å². The maximum absolute atomic E-state index is 14.4. The van der Waals surface area contributed by atoms with Crippen LogP contribution in [0.1, 0.15) is 12.7 Å². The van der Waals surface area contributed by atoms with Crippen molar-refractivity contribution >= 4 is 11.6 Å². The monoisotopic (exact) mass is 367 g/mol. The number of carbonyl (C=O) groups excluding carboxylic acids is 1. The van der Waals surface area contributed by atoms with Gasteiger partial charge in [-0.3, -0.25) is 9.69 Å². The summed E-state index contributed by atoms with van der Waals surface area (Å²) in [5.41, 5.74) is 0.161. The smallest absolute Gasteiger partial charge is 0.272 e. The van der Waals surface area contributed by atoms with Gasteiger partial charge in [-0.15, -0.1) is 0 Å². The van der Waals surface area contributed by atoms with Gasteiger partial charge in [-0.05, 0) is 43.3 Å². The van der Waals surface area contributed by atoms with Crippen LogP contribution in [0.25, 0.3) is 0 Å². The van der Waals surface area contributed by atoms with Crippen molar-refractivity contribution in [3.8, 4) is 11.5 Å². The van der Waals surface area contributed by atoms with Crippen LogP contribution >= 0.6 is 0 Å². The Morgan fingerprint density at radius 1 is 1.00 bits per heavy atom. The summed E-state index contributed by atoms with van der Waals surface area (Å²) in [7, 11) is 0. The molecule has 4 rings (SSSR count). The molecule has 5 nitrogen and oxygen atoms in total. The Bertz CT molecular complexity index is 941. The van der Waals surface area contributed by atoms with Gasteiger partial charge in [0, 0.05) is 0 Å². The average Bonchev–Trinajstić information content (AvgIpc) is 3.19. The number of carbonyl (C=O) groups is 1. The lowest BCUT2D eigenvalue weighted by molar-refractivity contribution is -0.130. The van der Waals surface area contributed by atoms with Crippen LogP contribution in [0.4, 0.5) is 10.1 Å². The number of ether oxygens (including phenoxy) is 2. The molecule has 0 aliphatic carbocycles. The van der Waals surface area contributed by atoms with Gasteiger partial charge in [-0.2, -0.15) is 0 Å². The first-order valence-corrected chi connectivity index (χ1v) is 8.64. The minimum Gasteiger partial charge on any atom is -0.482 e. The molecule has 0 spiro atoms. The summed E-state index contributed by atoms with van der Waals surface area (Å²) in [6, 6.07) is 16.7. The van der Waals surface area contributed by atoms with Crippen molar-refractivity contribution in [2.24, 2.45) is 0 Å². The van der Waals surface area contributed by atoms with Crippen molar-refractivity contribution in [3.05, 3.63) is 78.5 Å². The van der Waals surface area contributed by atoms with E-state index >= 15 is 0 Å². The van der Waals surface area contributed by atoms with Crippen LogP contribution in [-0.4, -0.2) is 18.1 Å². The predicted molar refractivity (Wildman–Crippen MR) is 97.2 cm³/mol. The van der Waals surface area contributed by atoms with Crippen molar-refractivity contribution in [3.63, 3.8) is 0 Å². The molecule has 0 N–H and O–H groups in total. The van der Waals surface area contributed by atoms with Gasteiger partial charge >= 0.3 is 0 Å². The molecule has 0 saturated heterocycles. The molecule has 1 aromatic heterocycles. The van der Waals surface area contributed by atoms with E-state index < -0.39 is 23.9 Å². The van der Waals surface area contributed by atoms with E-state index in [1.165, 1.54) is 17.2 Å². The van der Waals surface area contributed by atoms with Crippen LogP contribution in [0, 0.1) is 5.82 Å². The third-order valence-electron chi connectivity index (χ3n) is 4.39. The quantitative estimate of drug-likeness (QED) is 0.694. The first kappa shape index (κ1) is 17.1. The molecule has 1 amide bonds. The fraction of sp³-hybridized carbons (Fsp3) is 0.190. The Morgan fingerprint density at radius 3 is 2.41 bits per heavy atom. The highest BCUT2D eigenvalue weighted by Gasteiger charge is 2.38. The Hall–Kier alpha value is -3.28. The number of para-hydroxylation sites is 3. The summed E-state index contributed by atoms with van der Waals surface area (Å²) >= 11 is 0. The topological polar surface area (TPSA) is 51.9 Å². The van der Waals surface area contributed by atoms with Crippen LogP contribution in [0.2, 0.25) is 0 Å². The molecule has 0 bridgehead atoms. The highest BCUT2D eigenvalue weighted by molar-refractivity contribution is 5.97. The Labute approximate surface area is 155 Å². The number of halogens is 1. The maximum Gasteiger partial charge on any atom is 0.272 e. The number of amides is 1. The molecule has 1 aliphatic heterocycles. The molecular formula is C21H18FNO4. The third kappa shape index (κ3) is 3.38. The molecule has 2 atom stereocenters. The van der Waals surface area contributed by atoms with E-state index in [1.54, 1.807) is 55.5 Å². The van der Waals surface area contributed by atoms with Crippen molar-refractivity contribution in [2.75, 3.05) is 4.90 Å². The zero-order chi connectivity index (χ0) is 18.8. The Morgan fingerprint density at radius 2 is 1.70 bits per heavy atom. The van der Waals surface area contributed by atoms with E-state index in [1.807, 2.05) is 6.07 Å². The summed E-state index contributed by atoms with van der Waals surface area (Å²) < 4.78 is 31.5. The SMILES string of the molecule is CC1Oc2ccccc2OC1C(=O)N(Cc1ccco1)c1ccccc1F. The maximum atomic E-state index is 14.4. The predicted octanol–water partition coefficient (Wildman–Crippen LogP) is 4.18. The summed E-state index contributed by atoms with van der Waals surface area (Å²) in [6.45, 7) is 1.84. The Kier molecular flexibility index (Phi) is 4.54. The Balaban J connectivity index is 1.67. The van der Waals surface area contributed by atoms with Gasteiger partial charge in [0.15, 0.2) is 11.5 Å². The molecule has 0 fully saturated rings. The molecule has 0 saturated carbocycles. The molecule has 3 aromatic rings. The van der Waals surface area contributed by atoms with Crippen LogP contribution in [0.5, 0.6) is 11.5 Å². The summed E-state index contributed by atoms with van der Waals surface area (Å²) in [5.74, 6) is 0.704. The van der Waals surface area contributed by atoms with Crippen molar-refractivity contribution in [2.45, 2.75) is 25.7 Å². The van der Waals surface area contributed by atoms with Gasteiger partial charge in [0.05, 0.1) is 18.5 Å². The summed E-state index contributed by atoms with van der Waals surface area (Å²) in [5, 5.41) is 0. The minimum atomic E-state index is -0.908. The van der Waals surface area contributed by atoms with Crippen molar-refractivity contribution < 1.29 is 23.1 Å². The van der Waals surface area contributed by atoms with E-state index in [-0.39, 0.29) is 12.2 Å². The second-order valence-electron chi connectivity index (χ2n) is 6.26. The van der Waals surface area contributed by atoms with Gasteiger partial charge < -0.3 is 13.9 Å². The molecule has 6 heteroatoms. The highest BCUT2D eigenvalue weighted by atomic mass is 19.1. The third-order valence-corrected chi connectivity index (χ3v) is 4.39. The largest absolute Gasteiger partial charge is 0.482 e. The number of hydrogen-bond donors (Lipinski definition) is 0. The zero-order valence-corrected chi connectivity index (χ0v) is 14.7. The van der Waals surface area contributed by atoms with E-state index in [2.05, 4.69) is 0 Å². The lowest BCUT2D eigenvalue weighted by atomic mass is 10.1. The molecule has 2 unspecified atom stereocenters. The number of rotatable bonds is 4.